The van der Waals surface area contributed by atoms with Crippen LogP contribution in [0.5, 0.6) is 0 Å². The molecule has 4 rings (SSSR count). The fourth-order valence-corrected chi connectivity index (χ4v) is 2.97. The predicted molar refractivity (Wildman–Crippen MR) is 87.7 cm³/mol. The van der Waals surface area contributed by atoms with Crippen molar-refractivity contribution in [2.45, 2.75) is 25.8 Å². The first kappa shape index (κ1) is 15.4. The normalized spacial score (nSPS) is 17.5. The maximum Gasteiger partial charge on any atom is 0.259 e. The predicted octanol–water partition coefficient (Wildman–Crippen LogP) is 1.80. The lowest BCUT2D eigenvalue weighted by atomic mass is 10.0. The molecule has 1 aliphatic rings. The second-order valence-electron chi connectivity index (χ2n) is 5.94. The third-order valence-electron chi connectivity index (χ3n) is 4.23. The van der Waals surface area contributed by atoms with Crippen LogP contribution in [0.1, 0.15) is 28.9 Å². The Labute approximate surface area is 142 Å². The molecule has 0 bridgehead atoms. The van der Waals surface area contributed by atoms with Crippen LogP contribution in [0, 0.1) is 6.92 Å². The molecule has 25 heavy (non-hydrogen) atoms. The minimum absolute atomic E-state index is 0.168. The van der Waals surface area contributed by atoms with Gasteiger partial charge in [0.2, 0.25) is 5.91 Å². The number of fused-ring (bicyclic) bond motifs is 1. The van der Waals surface area contributed by atoms with Crippen LogP contribution >= 0.6 is 0 Å². The molecule has 3 aromatic rings. The molecule has 0 aromatic carbocycles. The van der Waals surface area contributed by atoms with Crippen molar-refractivity contribution in [1.29, 1.82) is 0 Å². The Morgan fingerprint density at radius 2 is 2.32 bits per heavy atom. The van der Waals surface area contributed by atoms with Crippen LogP contribution in [-0.2, 0) is 4.79 Å². The number of amides is 2. The van der Waals surface area contributed by atoms with E-state index in [1.165, 1.54) is 6.26 Å². The molecular formula is C17H16N4O4. The third-order valence-corrected chi connectivity index (χ3v) is 4.23. The molecule has 1 saturated heterocycles. The van der Waals surface area contributed by atoms with Crippen LogP contribution in [0.4, 0.5) is 0 Å². The molecule has 0 saturated carbocycles. The molecule has 8 nitrogen and oxygen atoms in total. The van der Waals surface area contributed by atoms with Crippen molar-refractivity contribution in [2.75, 3.05) is 6.54 Å². The van der Waals surface area contributed by atoms with Crippen LogP contribution in [0.2, 0.25) is 0 Å². The van der Waals surface area contributed by atoms with Gasteiger partial charge in [-0.15, -0.1) is 0 Å². The zero-order chi connectivity index (χ0) is 17.4. The van der Waals surface area contributed by atoms with Crippen molar-refractivity contribution < 1.29 is 18.5 Å². The lowest BCUT2D eigenvalue weighted by Gasteiger charge is -2.22. The van der Waals surface area contributed by atoms with Gasteiger partial charge in [0.15, 0.2) is 5.76 Å². The minimum Gasteiger partial charge on any atom is -0.463 e. The van der Waals surface area contributed by atoms with Gasteiger partial charge in [-0.05, 0) is 38.0 Å². The average Bonchev–Trinajstić information content (AvgIpc) is 3.26. The highest BCUT2D eigenvalue weighted by molar-refractivity contribution is 6.08. The Kier molecular flexibility index (Phi) is 3.72. The summed E-state index contributed by atoms with van der Waals surface area (Å²) >= 11 is 0. The summed E-state index contributed by atoms with van der Waals surface area (Å²) < 4.78 is 10.6. The van der Waals surface area contributed by atoms with Gasteiger partial charge in [-0.3, -0.25) is 9.59 Å². The van der Waals surface area contributed by atoms with E-state index in [1.54, 1.807) is 25.1 Å². The molecule has 0 aliphatic carbocycles. The van der Waals surface area contributed by atoms with Gasteiger partial charge >= 0.3 is 0 Å². The SMILES string of the molecule is Cc1noc2nc(-c3ccco3)cc(C(=O)NC3CCCNC3=O)c12. The number of hydrogen-bond donors (Lipinski definition) is 2. The standard InChI is InChI=1S/C17H16N4O4/c1-9-14-10(15(22)19-11-4-2-6-18-16(11)23)8-12(13-5-3-7-24-13)20-17(14)25-21-9/h3,5,7-8,11H,2,4,6H2,1H3,(H,18,23)(H,19,22). The quantitative estimate of drug-likeness (QED) is 0.752. The zero-order valence-electron chi connectivity index (χ0n) is 13.5. The van der Waals surface area contributed by atoms with Gasteiger partial charge in [-0.25, -0.2) is 4.98 Å². The average molecular weight is 340 g/mol. The van der Waals surface area contributed by atoms with E-state index in [4.69, 9.17) is 8.94 Å². The number of nitrogens with zero attached hydrogens (tertiary/aromatic N) is 2. The van der Waals surface area contributed by atoms with Crippen molar-refractivity contribution in [2.24, 2.45) is 0 Å². The summed E-state index contributed by atoms with van der Waals surface area (Å²) in [5.41, 5.74) is 1.64. The molecule has 2 N–H and O–H groups in total. The first-order chi connectivity index (χ1) is 12.1. The molecule has 1 fully saturated rings. The van der Waals surface area contributed by atoms with Gasteiger partial charge in [0.05, 0.1) is 22.9 Å². The van der Waals surface area contributed by atoms with E-state index in [2.05, 4.69) is 20.8 Å². The molecule has 0 radical (unpaired) electrons. The molecule has 1 atom stereocenters. The molecule has 2 amide bonds. The van der Waals surface area contributed by atoms with Gasteiger partial charge in [0.1, 0.15) is 11.7 Å². The van der Waals surface area contributed by atoms with Crippen LogP contribution in [0.15, 0.2) is 33.4 Å². The number of rotatable bonds is 3. The molecule has 128 valence electrons. The van der Waals surface area contributed by atoms with Gasteiger partial charge in [-0.2, -0.15) is 0 Å². The number of furan rings is 1. The van der Waals surface area contributed by atoms with Gasteiger partial charge < -0.3 is 19.6 Å². The largest absolute Gasteiger partial charge is 0.463 e. The van der Waals surface area contributed by atoms with Crippen molar-refractivity contribution in [3.05, 3.63) is 35.7 Å². The van der Waals surface area contributed by atoms with Crippen molar-refractivity contribution >= 4 is 22.9 Å². The van der Waals surface area contributed by atoms with Gasteiger partial charge in [0.25, 0.3) is 11.6 Å². The Morgan fingerprint density at radius 1 is 1.44 bits per heavy atom. The summed E-state index contributed by atoms with van der Waals surface area (Å²) in [5.74, 6) is -0.0211. The fraction of sp³-hybridized carbons (Fsp3) is 0.294. The number of carbonyl (C=O) groups excluding carboxylic acids is 2. The summed E-state index contributed by atoms with van der Waals surface area (Å²) in [6, 6.07) is 4.56. The van der Waals surface area contributed by atoms with Crippen molar-refractivity contribution in [1.82, 2.24) is 20.8 Å². The van der Waals surface area contributed by atoms with Gasteiger partial charge in [-0.1, -0.05) is 5.16 Å². The number of hydrogen-bond acceptors (Lipinski definition) is 6. The molecule has 3 aromatic heterocycles. The zero-order valence-corrected chi connectivity index (χ0v) is 13.5. The van der Waals surface area contributed by atoms with E-state index >= 15 is 0 Å². The number of piperidine rings is 1. The molecule has 1 unspecified atom stereocenters. The number of aryl methyl sites for hydroxylation is 1. The van der Waals surface area contributed by atoms with E-state index in [1.807, 2.05) is 0 Å². The minimum atomic E-state index is -0.545. The van der Waals surface area contributed by atoms with Crippen molar-refractivity contribution in [3.63, 3.8) is 0 Å². The summed E-state index contributed by atoms with van der Waals surface area (Å²) in [6.07, 6.45) is 2.96. The molecule has 1 aliphatic heterocycles. The smallest absolute Gasteiger partial charge is 0.259 e. The highest BCUT2D eigenvalue weighted by Crippen LogP contribution is 2.27. The summed E-state index contributed by atoms with van der Waals surface area (Å²) in [5, 5.41) is 9.97. The highest BCUT2D eigenvalue weighted by atomic mass is 16.5. The van der Waals surface area contributed by atoms with Crippen LogP contribution in [-0.4, -0.2) is 34.5 Å². The molecule has 0 spiro atoms. The first-order valence-electron chi connectivity index (χ1n) is 8.03. The summed E-state index contributed by atoms with van der Waals surface area (Å²) in [7, 11) is 0. The number of aromatic nitrogens is 2. The molecule has 4 heterocycles. The molecule has 8 heteroatoms. The monoisotopic (exact) mass is 340 g/mol. The topological polar surface area (TPSA) is 110 Å². The summed E-state index contributed by atoms with van der Waals surface area (Å²) in [4.78, 5) is 29.1. The third kappa shape index (κ3) is 2.75. The highest BCUT2D eigenvalue weighted by Gasteiger charge is 2.26. The Morgan fingerprint density at radius 3 is 3.08 bits per heavy atom. The van der Waals surface area contributed by atoms with E-state index in [-0.39, 0.29) is 17.5 Å². The van der Waals surface area contributed by atoms with Gasteiger partial charge in [0, 0.05) is 6.54 Å². The van der Waals surface area contributed by atoms with E-state index in [0.717, 1.165) is 6.42 Å². The maximum absolute atomic E-state index is 12.8. The van der Waals surface area contributed by atoms with E-state index in [0.29, 0.717) is 41.1 Å². The fourth-order valence-electron chi connectivity index (χ4n) is 2.97. The first-order valence-corrected chi connectivity index (χ1v) is 8.03. The maximum atomic E-state index is 12.8. The van der Waals surface area contributed by atoms with Crippen LogP contribution in [0.25, 0.3) is 22.6 Å². The Balaban J connectivity index is 1.75. The van der Waals surface area contributed by atoms with E-state index in [9.17, 15) is 9.59 Å². The summed E-state index contributed by atoms with van der Waals surface area (Å²) in [6.45, 7) is 2.38. The number of carbonyl (C=O) groups is 2. The lowest BCUT2D eigenvalue weighted by Crippen LogP contribution is -2.50. The van der Waals surface area contributed by atoms with Crippen LogP contribution < -0.4 is 10.6 Å². The van der Waals surface area contributed by atoms with Crippen LogP contribution in [0.3, 0.4) is 0 Å². The number of pyridine rings is 1. The Hall–Kier alpha value is -3.16. The van der Waals surface area contributed by atoms with Crippen molar-refractivity contribution in [3.8, 4) is 11.5 Å². The number of nitrogens with one attached hydrogen (secondary N) is 2. The second-order valence-corrected chi connectivity index (χ2v) is 5.94. The van der Waals surface area contributed by atoms with E-state index < -0.39 is 6.04 Å². The second kappa shape index (κ2) is 6.04. The Bertz CT molecular complexity index is 945. The lowest BCUT2D eigenvalue weighted by molar-refractivity contribution is -0.124. The molecular weight excluding hydrogens is 324 g/mol.